The van der Waals surface area contributed by atoms with Crippen LogP contribution in [0.3, 0.4) is 0 Å². The summed E-state index contributed by atoms with van der Waals surface area (Å²) in [6.45, 7) is 2.88. The van der Waals surface area contributed by atoms with Gasteiger partial charge in [0.15, 0.2) is 17.3 Å². The SMILES string of the molecule is COCCN(CC(=O)N1CCN(c2ccc(-c3ccc(OC)c(OC)c3)nn2)CC1)C(=O)c1ccc(Cl)cc1. The lowest BCUT2D eigenvalue weighted by Gasteiger charge is -2.36. The molecule has 11 heteroatoms. The highest BCUT2D eigenvalue weighted by Crippen LogP contribution is 2.31. The highest BCUT2D eigenvalue weighted by Gasteiger charge is 2.26. The maximum atomic E-state index is 13.1. The smallest absolute Gasteiger partial charge is 0.254 e. The van der Waals surface area contributed by atoms with E-state index in [0.717, 1.165) is 17.1 Å². The topological polar surface area (TPSA) is 97.3 Å². The minimum atomic E-state index is -0.236. The van der Waals surface area contributed by atoms with Crippen molar-refractivity contribution in [3.05, 3.63) is 65.2 Å². The molecular formula is C28H32ClN5O5. The van der Waals surface area contributed by atoms with E-state index in [-0.39, 0.29) is 18.4 Å². The summed E-state index contributed by atoms with van der Waals surface area (Å²) in [5.41, 5.74) is 2.06. The van der Waals surface area contributed by atoms with Crippen LogP contribution in [-0.2, 0) is 9.53 Å². The molecule has 2 heterocycles. The number of carbonyl (C=O) groups is 2. The van der Waals surface area contributed by atoms with Crippen LogP contribution in [0.4, 0.5) is 5.82 Å². The van der Waals surface area contributed by atoms with Gasteiger partial charge in [0, 0.05) is 56.0 Å². The van der Waals surface area contributed by atoms with Gasteiger partial charge in [-0.05, 0) is 54.6 Å². The molecule has 10 nitrogen and oxygen atoms in total. The fraction of sp³-hybridized carbons (Fsp3) is 0.357. The normalized spacial score (nSPS) is 13.2. The second-order valence-corrected chi connectivity index (χ2v) is 9.38. The van der Waals surface area contributed by atoms with Crippen LogP contribution >= 0.6 is 11.6 Å². The molecule has 2 amide bonds. The molecular weight excluding hydrogens is 522 g/mol. The number of rotatable bonds is 10. The van der Waals surface area contributed by atoms with Crippen molar-refractivity contribution < 1.29 is 23.8 Å². The van der Waals surface area contributed by atoms with Gasteiger partial charge in [-0.15, -0.1) is 10.2 Å². The largest absolute Gasteiger partial charge is 0.493 e. The number of hydrogen-bond donors (Lipinski definition) is 0. The summed E-state index contributed by atoms with van der Waals surface area (Å²) in [4.78, 5) is 31.5. The summed E-state index contributed by atoms with van der Waals surface area (Å²) in [6, 6.07) is 16.1. The summed E-state index contributed by atoms with van der Waals surface area (Å²) >= 11 is 5.95. The number of anilines is 1. The predicted octanol–water partition coefficient (Wildman–Crippen LogP) is 3.25. The molecule has 0 saturated carbocycles. The molecule has 0 unspecified atom stereocenters. The summed E-state index contributed by atoms with van der Waals surface area (Å²) in [5, 5.41) is 9.36. The van der Waals surface area contributed by atoms with Crippen molar-refractivity contribution in [3.63, 3.8) is 0 Å². The number of amides is 2. The Kier molecular flexibility index (Phi) is 9.56. The van der Waals surface area contributed by atoms with Crippen LogP contribution < -0.4 is 14.4 Å². The molecule has 4 rings (SSSR count). The summed E-state index contributed by atoms with van der Waals surface area (Å²) in [6.07, 6.45) is 0. The van der Waals surface area contributed by atoms with Crippen molar-refractivity contribution >= 4 is 29.2 Å². The summed E-state index contributed by atoms with van der Waals surface area (Å²) in [5.74, 6) is 1.67. The van der Waals surface area contributed by atoms with E-state index in [9.17, 15) is 9.59 Å². The van der Waals surface area contributed by atoms with Gasteiger partial charge in [0.05, 0.1) is 26.5 Å². The van der Waals surface area contributed by atoms with Crippen molar-refractivity contribution in [2.24, 2.45) is 0 Å². The zero-order valence-electron chi connectivity index (χ0n) is 22.3. The molecule has 2 aromatic carbocycles. The van der Waals surface area contributed by atoms with Gasteiger partial charge in [0.1, 0.15) is 6.54 Å². The van der Waals surface area contributed by atoms with E-state index < -0.39 is 0 Å². The molecule has 0 bridgehead atoms. The highest BCUT2D eigenvalue weighted by atomic mass is 35.5. The Labute approximate surface area is 233 Å². The molecule has 0 radical (unpaired) electrons. The minimum Gasteiger partial charge on any atom is -0.493 e. The van der Waals surface area contributed by atoms with Crippen molar-refractivity contribution in [2.75, 3.05) is 72.1 Å². The molecule has 1 aromatic heterocycles. The van der Waals surface area contributed by atoms with Gasteiger partial charge < -0.3 is 28.9 Å². The van der Waals surface area contributed by atoms with Crippen molar-refractivity contribution in [1.29, 1.82) is 0 Å². The Morgan fingerprint density at radius 3 is 2.23 bits per heavy atom. The predicted molar refractivity (Wildman–Crippen MR) is 149 cm³/mol. The molecule has 1 fully saturated rings. The number of aromatic nitrogens is 2. The lowest BCUT2D eigenvalue weighted by atomic mass is 10.1. The fourth-order valence-corrected chi connectivity index (χ4v) is 4.45. The molecule has 39 heavy (non-hydrogen) atoms. The van der Waals surface area contributed by atoms with Crippen LogP contribution in [0.2, 0.25) is 5.02 Å². The van der Waals surface area contributed by atoms with Gasteiger partial charge in [-0.2, -0.15) is 0 Å². The van der Waals surface area contributed by atoms with Crippen LogP contribution in [-0.4, -0.2) is 99.0 Å². The van der Waals surface area contributed by atoms with Gasteiger partial charge in [-0.25, -0.2) is 0 Å². The fourth-order valence-electron chi connectivity index (χ4n) is 4.32. The van der Waals surface area contributed by atoms with Crippen LogP contribution in [0.15, 0.2) is 54.6 Å². The van der Waals surface area contributed by atoms with E-state index in [1.165, 1.54) is 4.90 Å². The zero-order valence-corrected chi connectivity index (χ0v) is 23.1. The van der Waals surface area contributed by atoms with Gasteiger partial charge in [0.2, 0.25) is 5.91 Å². The lowest BCUT2D eigenvalue weighted by molar-refractivity contribution is -0.132. The molecule has 0 atom stereocenters. The standard InChI is InChI=1S/C28H32ClN5O5/c1-37-17-16-34(28(36)20-4-7-22(29)8-5-20)19-27(35)33-14-12-32(13-15-33)26-11-9-23(30-31-26)21-6-10-24(38-2)25(18-21)39-3/h4-11,18H,12-17,19H2,1-3H3. The molecule has 1 aliphatic rings. The Bertz CT molecular complexity index is 1260. The molecule has 1 saturated heterocycles. The third kappa shape index (κ3) is 6.96. The molecule has 0 N–H and O–H groups in total. The Hall–Kier alpha value is -3.89. The first-order valence-electron chi connectivity index (χ1n) is 12.6. The number of hydrogen-bond acceptors (Lipinski definition) is 8. The first-order chi connectivity index (χ1) is 18.9. The Morgan fingerprint density at radius 2 is 1.62 bits per heavy atom. The average molecular weight is 554 g/mol. The first-order valence-corrected chi connectivity index (χ1v) is 12.9. The average Bonchev–Trinajstić information content (AvgIpc) is 2.99. The van der Waals surface area contributed by atoms with Gasteiger partial charge in [0.25, 0.3) is 5.91 Å². The monoisotopic (exact) mass is 553 g/mol. The third-order valence-corrected chi connectivity index (χ3v) is 6.81. The van der Waals surface area contributed by atoms with E-state index in [1.807, 2.05) is 30.3 Å². The summed E-state index contributed by atoms with van der Waals surface area (Å²) < 4.78 is 15.8. The third-order valence-electron chi connectivity index (χ3n) is 6.56. The Balaban J connectivity index is 1.35. The van der Waals surface area contributed by atoms with E-state index in [1.54, 1.807) is 50.5 Å². The van der Waals surface area contributed by atoms with Gasteiger partial charge in [-0.3, -0.25) is 9.59 Å². The number of halogens is 1. The number of benzene rings is 2. The number of carbonyl (C=O) groups excluding carboxylic acids is 2. The summed E-state index contributed by atoms with van der Waals surface area (Å²) in [7, 11) is 4.75. The molecule has 1 aliphatic heterocycles. The van der Waals surface area contributed by atoms with E-state index in [0.29, 0.717) is 61.4 Å². The van der Waals surface area contributed by atoms with Crippen LogP contribution in [0.25, 0.3) is 11.3 Å². The quantitative estimate of drug-likeness (QED) is 0.377. The zero-order chi connectivity index (χ0) is 27.8. The number of methoxy groups -OCH3 is 3. The Morgan fingerprint density at radius 1 is 0.897 bits per heavy atom. The maximum Gasteiger partial charge on any atom is 0.254 e. The van der Waals surface area contributed by atoms with Crippen molar-refractivity contribution in [3.8, 4) is 22.8 Å². The van der Waals surface area contributed by atoms with Crippen molar-refractivity contribution in [2.45, 2.75) is 0 Å². The second-order valence-electron chi connectivity index (χ2n) is 8.94. The molecule has 206 valence electrons. The number of nitrogens with zero attached hydrogens (tertiary/aromatic N) is 5. The minimum absolute atomic E-state index is 0.0232. The van der Waals surface area contributed by atoms with E-state index in [2.05, 4.69) is 15.1 Å². The first kappa shape index (κ1) is 28.1. The molecule has 0 aliphatic carbocycles. The van der Waals surface area contributed by atoms with Crippen molar-refractivity contribution in [1.82, 2.24) is 20.0 Å². The van der Waals surface area contributed by atoms with E-state index >= 15 is 0 Å². The second kappa shape index (κ2) is 13.3. The van der Waals surface area contributed by atoms with Crippen LogP contribution in [0, 0.1) is 0 Å². The van der Waals surface area contributed by atoms with Gasteiger partial charge in [-0.1, -0.05) is 11.6 Å². The molecule has 0 spiro atoms. The maximum absolute atomic E-state index is 13.1. The van der Waals surface area contributed by atoms with Crippen LogP contribution in [0.1, 0.15) is 10.4 Å². The van der Waals surface area contributed by atoms with E-state index in [4.69, 9.17) is 25.8 Å². The highest BCUT2D eigenvalue weighted by molar-refractivity contribution is 6.30. The number of piperazine rings is 1. The van der Waals surface area contributed by atoms with Crippen LogP contribution in [0.5, 0.6) is 11.5 Å². The van der Waals surface area contributed by atoms with Gasteiger partial charge >= 0.3 is 0 Å². The lowest BCUT2D eigenvalue weighted by Crippen LogP contribution is -2.52. The molecule has 3 aromatic rings. The number of ether oxygens (including phenoxy) is 3.